The van der Waals surface area contributed by atoms with Gasteiger partial charge in [-0.2, -0.15) is 0 Å². The van der Waals surface area contributed by atoms with E-state index in [1.165, 1.54) is 11.3 Å². The number of anilines is 2. The van der Waals surface area contributed by atoms with Gasteiger partial charge in [0.1, 0.15) is 12.2 Å². The highest BCUT2D eigenvalue weighted by Gasteiger charge is 2.37. The van der Waals surface area contributed by atoms with Crippen LogP contribution in [0.1, 0.15) is 51.2 Å². The number of amides is 4. The van der Waals surface area contributed by atoms with Crippen LogP contribution >= 0.6 is 11.6 Å². The van der Waals surface area contributed by atoms with Crippen LogP contribution in [0.5, 0.6) is 0 Å². The molecule has 178 valence electrons. The first-order valence-electron chi connectivity index (χ1n) is 11.4. The molecule has 0 bridgehead atoms. The molecular formula is C26H29ClN4O3. The monoisotopic (exact) mass is 480 g/mol. The molecular weight excluding hydrogens is 452 g/mol. The summed E-state index contributed by atoms with van der Waals surface area (Å²) in [4.78, 5) is 40.9. The van der Waals surface area contributed by atoms with Gasteiger partial charge in [0.05, 0.1) is 0 Å². The van der Waals surface area contributed by atoms with E-state index in [0.717, 1.165) is 23.4 Å². The first kappa shape index (κ1) is 23.8. The van der Waals surface area contributed by atoms with Crippen molar-refractivity contribution in [1.82, 2.24) is 10.2 Å². The summed E-state index contributed by atoms with van der Waals surface area (Å²) in [6.07, 6.45) is 2.69. The molecule has 2 aromatic rings. The second kappa shape index (κ2) is 9.14. The maximum atomic E-state index is 12.9. The molecule has 1 atom stereocenters. The summed E-state index contributed by atoms with van der Waals surface area (Å²) in [6, 6.07) is 12.1. The van der Waals surface area contributed by atoms with Crippen molar-refractivity contribution in [1.29, 1.82) is 0 Å². The number of carbonyl (C=O) groups is 3. The molecule has 1 saturated heterocycles. The van der Waals surface area contributed by atoms with Crippen molar-refractivity contribution >= 4 is 46.9 Å². The van der Waals surface area contributed by atoms with E-state index in [4.69, 9.17) is 11.6 Å². The molecule has 2 aliphatic heterocycles. The highest BCUT2D eigenvalue weighted by Crippen LogP contribution is 2.43. The summed E-state index contributed by atoms with van der Waals surface area (Å²) in [7, 11) is 0. The van der Waals surface area contributed by atoms with Gasteiger partial charge in [-0.1, -0.05) is 24.6 Å². The normalized spacial score (nSPS) is 20.4. The fourth-order valence-corrected chi connectivity index (χ4v) is 5.08. The molecule has 2 heterocycles. The Bertz CT molecular complexity index is 1170. The van der Waals surface area contributed by atoms with Crippen molar-refractivity contribution in [3.8, 4) is 0 Å². The first-order valence-corrected chi connectivity index (χ1v) is 11.8. The number of imide groups is 1. The Morgan fingerprint density at radius 3 is 2.59 bits per heavy atom. The van der Waals surface area contributed by atoms with Crippen molar-refractivity contribution in [3.05, 3.63) is 64.3 Å². The molecule has 2 N–H and O–H groups in total. The maximum Gasteiger partial charge on any atom is 0.329 e. The molecule has 7 nitrogen and oxygen atoms in total. The van der Waals surface area contributed by atoms with Gasteiger partial charge >= 0.3 is 6.03 Å². The maximum absolute atomic E-state index is 12.9. The van der Waals surface area contributed by atoms with Crippen molar-refractivity contribution in [2.24, 2.45) is 0 Å². The van der Waals surface area contributed by atoms with Crippen LogP contribution in [0.3, 0.4) is 0 Å². The summed E-state index contributed by atoms with van der Waals surface area (Å²) in [5.41, 5.74) is 4.02. The minimum Gasteiger partial charge on any atom is -0.366 e. The summed E-state index contributed by atoms with van der Waals surface area (Å²) >= 11 is 5.85. The van der Waals surface area contributed by atoms with E-state index in [-0.39, 0.29) is 17.8 Å². The largest absolute Gasteiger partial charge is 0.366 e. The van der Waals surface area contributed by atoms with Crippen LogP contribution < -0.4 is 15.5 Å². The Balaban J connectivity index is 1.50. The minimum atomic E-state index is -0.618. The van der Waals surface area contributed by atoms with Gasteiger partial charge in [0.15, 0.2) is 0 Å². The highest BCUT2D eigenvalue weighted by molar-refractivity contribution is 6.30. The van der Waals surface area contributed by atoms with Crippen LogP contribution in [0.2, 0.25) is 5.02 Å². The molecule has 4 amide bonds. The molecule has 1 fully saturated rings. The van der Waals surface area contributed by atoms with E-state index < -0.39 is 17.8 Å². The Hall–Kier alpha value is -3.32. The number of hydrogen-bond donors (Lipinski definition) is 2. The second-order valence-corrected chi connectivity index (χ2v) is 9.85. The zero-order chi connectivity index (χ0) is 24.6. The second-order valence-electron chi connectivity index (χ2n) is 9.41. The van der Waals surface area contributed by atoms with Gasteiger partial charge in [0, 0.05) is 28.5 Å². The predicted molar refractivity (Wildman–Crippen MR) is 135 cm³/mol. The topological polar surface area (TPSA) is 81.8 Å². The van der Waals surface area contributed by atoms with Crippen molar-refractivity contribution in [2.75, 3.05) is 23.3 Å². The molecule has 4 rings (SSSR count). The van der Waals surface area contributed by atoms with E-state index in [0.29, 0.717) is 16.6 Å². The number of nitrogens with zero attached hydrogens (tertiary/aromatic N) is 2. The van der Waals surface area contributed by atoms with Gasteiger partial charge in [0.2, 0.25) is 5.91 Å². The predicted octanol–water partition coefficient (Wildman–Crippen LogP) is 4.98. The Labute approximate surface area is 204 Å². The van der Waals surface area contributed by atoms with Crippen molar-refractivity contribution in [2.45, 2.75) is 45.6 Å². The average Bonchev–Trinajstić information content (AvgIpc) is 3.02. The van der Waals surface area contributed by atoms with E-state index >= 15 is 0 Å². The molecule has 2 aliphatic rings. The van der Waals surface area contributed by atoms with E-state index in [2.05, 4.69) is 55.4 Å². The molecule has 8 heteroatoms. The molecule has 2 aromatic carbocycles. The molecule has 1 unspecified atom stereocenters. The summed E-state index contributed by atoms with van der Waals surface area (Å²) in [5.74, 6) is -0.636. The van der Waals surface area contributed by atoms with Crippen LogP contribution in [0.4, 0.5) is 16.2 Å². The number of urea groups is 1. The molecule has 0 radical (unpaired) electrons. The molecule has 0 saturated carbocycles. The minimum absolute atomic E-state index is 0.0730. The van der Waals surface area contributed by atoms with E-state index in [1.807, 2.05) is 6.07 Å². The number of nitrogens with one attached hydrogen (secondary N) is 2. The van der Waals surface area contributed by atoms with E-state index in [9.17, 15) is 14.4 Å². The third-order valence-electron chi connectivity index (χ3n) is 6.43. The Morgan fingerprint density at radius 2 is 1.91 bits per heavy atom. The van der Waals surface area contributed by atoms with Crippen LogP contribution in [-0.2, 0) is 9.59 Å². The molecule has 0 spiro atoms. The molecule has 34 heavy (non-hydrogen) atoms. The van der Waals surface area contributed by atoms with Crippen molar-refractivity contribution in [3.63, 3.8) is 0 Å². The molecule has 0 aliphatic carbocycles. The van der Waals surface area contributed by atoms with Gasteiger partial charge in [-0.25, -0.2) is 9.69 Å². The fraction of sp³-hybridized carbons (Fsp3) is 0.346. The quantitative estimate of drug-likeness (QED) is 0.467. The summed E-state index contributed by atoms with van der Waals surface area (Å²) in [5, 5.41) is 5.80. The van der Waals surface area contributed by atoms with Gasteiger partial charge < -0.3 is 15.5 Å². The van der Waals surface area contributed by atoms with Gasteiger partial charge in [-0.15, -0.1) is 0 Å². The summed E-state index contributed by atoms with van der Waals surface area (Å²) < 4.78 is 0. The standard InChI is InChI=1S/C26H29ClN4O3/c1-5-31-22-11-6-17(12-20(22)16(2)14-26(31,3)4)13-21-24(33)30(25(34)29-21)15-23(32)28-19-9-7-18(27)8-10-19/h6-13,16H,5,14-15H2,1-4H3,(H,28,32)(H,29,34)/b21-13+. The lowest BCUT2D eigenvalue weighted by Gasteiger charge is -2.47. The number of benzene rings is 2. The van der Waals surface area contributed by atoms with Crippen LogP contribution in [0.15, 0.2) is 48.2 Å². The van der Waals surface area contributed by atoms with Crippen LogP contribution in [-0.4, -0.2) is 41.4 Å². The number of carbonyl (C=O) groups excluding carboxylic acids is 3. The van der Waals surface area contributed by atoms with E-state index in [1.54, 1.807) is 30.3 Å². The third kappa shape index (κ3) is 4.66. The third-order valence-corrected chi connectivity index (χ3v) is 6.68. The smallest absolute Gasteiger partial charge is 0.329 e. The Morgan fingerprint density at radius 1 is 1.21 bits per heavy atom. The Kier molecular flexibility index (Phi) is 6.41. The lowest BCUT2D eigenvalue weighted by atomic mass is 9.79. The fourth-order valence-electron chi connectivity index (χ4n) is 4.96. The average molecular weight is 481 g/mol. The number of rotatable bonds is 5. The summed E-state index contributed by atoms with van der Waals surface area (Å²) in [6.45, 7) is 9.42. The van der Waals surface area contributed by atoms with Gasteiger partial charge in [-0.05, 0) is 86.7 Å². The number of halogens is 1. The zero-order valence-corrected chi connectivity index (χ0v) is 20.6. The highest BCUT2D eigenvalue weighted by atomic mass is 35.5. The van der Waals surface area contributed by atoms with Crippen molar-refractivity contribution < 1.29 is 14.4 Å². The van der Waals surface area contributed by atoms with Crippen LogP contribution in [0, 0.1) is 0 Å². The molecule has 0 aromatic heterocycles. The first-order chi connectivity index (χ1) is 16.1. The van der Waals surface area contributed by atoms with Crippen LogP contribution in [0.25, 0.3) is 6.08 Å². The van der Waals surface area contributed by atoms with Gasteiger partial charge in [-0.3, -0.25) is 9.59 Å². The lowest BCUT2D eigenvalue weighted by Crippen LogP contribution is -2.48. The lowest BCUT2D eigenvalue weighted by molar-refractivity contribution is -0.127. The SMILES string of the molecule is CCN1c2ccc(/C=C3/NC(=O)N(CC(=O)Nc4ccc(Cl)cc4)C3=O)cc2C(C)CC1(C)C. The zero-order valence-electron chi connectivity index (χ0n) is 19.8. The number of hydrogen-bond acceptors (Lipinski definition) is 4. The number of fused-ring (bicyclic) bond motifs is 1. The van der Waals surface area contributed by atoms with Gasteiger partial charge in [0.25, 0.3) is 5.91 Å².